The van der Waals surface area contributed by atoms with Gasteiger partial charge in [0.15, 0.2) is 6.61 Å². The van der Waals surface area contributed by atoms with E-state index in [1.807, 2.05) is 19.2 Å². The Morgan fingerprint density at radius 2 is 2.19 bits per heavy atom. The largest absolute Gasteiger partial charge is 0.484 e. The van der Waals surface area contributed by atoms with E-state index in [1.165, 1.54) is 24.9 Å². The molecule has 1 aromatic rings. The Bertz CT molecular complexity index is 445. The standard InChI is InChI=1S/C16H25N3O2/c1-18-9-14-3-2-8-19(11-14)10-13-4-6-15(7-5-13)21-12-16(17)20/h4-7,14,18H,2-3,8-12H2,1H3,(H2,17,20). The summed E-state index contributed by atoms with van der Waals surface area (Å²) in [5.74, 6) is 0.981. The molecule has 1 aliphatic rings. The van der Waals surface area contributed by atoms with Gasteiger partial charge in [-0.25, -0.2) is 0 Å². The Morgan fingerprint density at radius 1 is 1.43 bits per heavy atom. The van der Waals surface area contributed by atoms with Gasteiger partial charge in [-0.05, 0) is 56.6 Å². The van der Waals surface area contributed by atoms with Crippen molar-refractivity contribution in [2.75, 3.05) is 33.3 Å². The molecular formula is C16H25N3O2. The number of nitrogens with one attached hydrogen (secondary N) is 1. The fraction of sp³-hybridized carbons (Fsp3) is 0.562. The maximum absolute atomic E-state index is 10.7. The second kappa shape index (κ2) is 8.00. The van der Waals surface area contributed by atoms with Crippen molar-refractivity contribution in [3.05, 3.63) is 29.8 Å². The van der Waals surface area contributed by atoms with E-state index >= 15 is 0 Å². The van der Waals surface area contributed by atoms with Crippen LogP contribution in [-0.2, 0) is 11.3 Å². The second-order valence-electron chi connectivity index (χ2n) is 5.70. The Kier molecular flexibility index (Phi) is 6.02. The van der Waals surface area contributed by atoms with Gasteiger partial charge >= 0.3 is 0 Å². The quantitative estimate of drug-likeness (QED) is 0.786. The number of nitrogens with two attached hydrogens (primary N) is 1. The molecule has 1 heterocycles. The number of rotatable bonds is 7. The molecule has 5 nitrogen and oxygen atoms in total. The number of carbonyl (C=O) groups excluding carboxylic acids is 1. The van der Waals surface area contributed by atoms with E-state index in [0.29, 0.717) is 5.75 Å². The van der Waals surface area contributed by atoms with Crippen LogP contribution in [-0.4, -0.2) is 44.1 Å². The molecule has 0 aromatic heterocycles. The minimum absolute atomic E-state index is 0.0723. The van der Waals surface area contributed by atoms with Crippen molar-refractivity contribution in [2.24, 2.45) is 11.7 Å². The smallest absolute Gasteiger partial charge is 0.255 e. The summed E-state index contributed by atoms with van der Waals surface area (Å²) < 4.78 is 5.26. The van der Waals surface area contributed by atoms with Gasteiger partial charge in [-0.15, -0.1) is 0 Å². The molecule has 1 fully saturated rings. The molecule has 1 aliphatic heterocycles. The van der Waals surface area contributed by atoms with E-state index in [-0.39, 0.29) is 6.61 Å². The molecular weight excluding hydrogens is 266 g/mol. The van der Waals surface area contributed by atoms with Crippen LogP contribution in [0.3, 0.4) is 0 Å². The number of amides is 1. The van der Waals surface area contributed by atoms with Crippen molar-refractivity contribution in [3.63, 3.8) is 0 Å². The molecule has 0 radical (unpaired) electrons. The van der Waals surface area contributed by atoms with Gasteiger partial charge in [0.25, 0.3) is 5.91 Å². The molecule has 1 unspecified atom stereocenters. The monoisotopic (exact) mass is 291 g/mol. The molecule has 0 spiro atoms. The Balaban J connectivity index is 1.83. The predicted octanol–water partition coefficient (Wildman–Crippen LogP) is 0.982. The van der Waals surface area contributed by atoms with E-state index in [2.05, 4.69) is 22.3 Å². The molecule has 1 amide bonds. The van der Waals surface area contributed by atoms with Crippen molar-refractivity contribution in [1.82, 2.24) is 10.2 Å². The zero-order valence-corrected chi connectivity index (χ0v) is 12.7. The van der Waals surface area contributed by atoms with Gasteiger partial charge in [0.2, 0.25) is 0 Å². The number of ether oxygens (including phenoxy) is 1. The first kappa shape index (κ1) is 15.8. The third-order valence-corrected chi connectivity index (χ3v) is 3.81. The summed E-state index contributed by atoms with van der Waals surface area (Å²) in [6.07, 6.45) is 2.59. The molecule has 1 aromatic carbocycles. The molecule has 0 saturated carbocycles. The Hall–Kier alpha value is -1.59. The molecule has 2 rings (SSSR count). The van der Waals surface area contributed by atoms with Gasteiger partial charge in [-0.3, -0.25) is 9.69 Å². The average molecular weight is 291 g/mol. The van der Waals surface area contributed by atoms with Crippen molar-refractivity contribution >= 4 is 5.91 Å². The Morgan fingerprint density at radius 3 is 2.86 bits per heavy atom. The first-order valence-corrected chi connectivity index (χ1v) is 7.54. The van der Waals surface area contributed by atoms with Gasteiger partial charge in [-0.1, -0.05) is 12.1 Å². The molecule has 1 atom stereocenters. The number of likely N-dealkylation sites (tertiary alicyclic amines) is 1. The molecule has 0 aliphatic carbocycles. The molecule has 3 N–H and O–H groups in total. The van der Waals surface area contributed by atoms with E-state index in [0.717, 1.165) is 25.6 Å². The minimum atomic E-state index is -0.456. The maximum atomic E-state index is 10.7. The van der Waals surface area contributed by atoms with Crippen LogP contribution >= 0.6 is 0 Å². The summed E-state index contributed by atoms with van der Waals surface area (Å²) in [5.41, 5.74) is 6.33. The van der Waals surface area contributed by atoms with Crippen LogP contribution in [0.15, 0.2) is 24.3 Å². The van der Waals surface area contributed by atoms with Crippen molar-refractivity contribution in [2.45, 2.75) is 19.4 Å². The lowest BCUT2D eigenvalue weighted by atomic mass is 9.97. The highest BCUT2D eigenvalue weighted by molar-refractivity contribution is 5.75. The summed E-state index contributed by atoms with van der Waals surface area (Å²) in [6.45, 7) is 4.31. The third-order valence-electron chi connectivity index (χ3n) is 3.81. The molecule has 5 heteroatoms. The lowest BCUT2D eigenvalue weighted by Crippen LogP contribution is -2.38. The first-order valence-electron chi connectivity index (χ1n) is 7.54. The van der Waals surface area contributed by atoms with Crippen LogP contribution in [0.4, 0.5) is 0 Å². The molecule has 21 heavy (non-hydrogen) atoms. The number of benzene rings is 1. The minimum Gasteiger partial charge on any atom is -0.484 e. The summed E-state index contributed by atoms with van der Waals surface area (Å²) in [7, 11) is 2.02. The Labute approximate surface area is 126 Å². The average Bonchev–Trinajstić information content (AvgIpc) is 2.47. The van der Waals surface area contributed by atoms with Crippen molar-refractivity contribution in [3.8, 4) is 5.75 Å². The van der Waals surface area contributed by atoms with E-state index in [1.54, 1.807) is 0 Å². The molecule has 1 saturated heterocycles. The summed E-state index contributed by atoms with van der Waals surface area (Å²) in [4.78, 5) is 13.2. The van der Waals surface area contributed by atoms with Gasteiger partial charge in [0.05, 0.1) is 0 Å². The van der Waals surface area contributed by atoms with E-state index in [9.17, 15) is 4.79 Å². The topological polar surface area (TPSA) is 67.6 Å². The molecule has 116 valence electrons. The zero-order valence-electron chi connectivity index (χ0n) is 12.7. The number of hydrogen-bond acceptors (Lipinski definition) is 4. The van der Waals surface area contributed by atoms with E-state index in [4.69, 9.17) is 10.5 Å². The van der Waals surface area contributed by atoms with E-state index < -0.39 is 5.91 Å². The number of carbonyl (C=O) groups is 1. The summed E-state index contributed by atoms with van der Waals surface area (Å²) in [5, 5.41) is 3.27. The van der Waals surface area contributed by atoms with Crippen LogP contribution in [0.1, 0.15) is 18.4 Å². The van der Waals surface area contributed by atoms with Gasteiger partial charge in [0.1, 0.15) is 5.75 Å². The highest BCUT2D eigenvalue weighted by Crippen LogP contribution is 2.19. The van der Waals surface area contributed by atoms with Gasteiger partial charge < -0.3 is 15.8 Å². The van der Waals surface area contributed by atoms with Crippen LogP contribution < -0.4 is 15.8 Å². The third kappa shape index (κ3) is 5.36. The van der Waals surface area contributed by atoms with Crippen LogP contribution in [0.25, 0.3) is 0 Å². The zero-order chi connectivity index (χ0) is 15.1. The second-order valence-corrected chi connectivity index (χ2v) is 5.70. The highest BCUT2D eigenvalue weighted by Gasteiger charge is 2.19. The first-order chi connectivity index (χ1) is 10.2. The SMILES string of the molecule is CNCC1CCCN(Cc2ccc(OCC(N)=O)cc2)C1. The normalized spacial score (nSPS) is 19.4. The van der Waals surface area contributed by atoms with Crippen LogP contribution in [0.2, 0.25) is 0 Å². The molecule has 0 bridgehead atoms. The van der Waals surface area contributed by atoms with Gasteiger partial charge in [0, 0.05) is 13.1 Å². The fourth-order valence-electron chi connectivity index (χ4n) is 2.85. The van der Waals surface area contributed by atoms with Crippen molar-refractivity contribution in [1.29, 1.82) is 0 Å². The lowest BCUT2D eigenvalue weighted by molar-refractivity contribution is -0.119. The summed E-state index contributed by atoms with van der Waals surface area (Å²) >= 11 is 0. The number of hydrogen-bond donors (Lipinski definition) is 2. The number of piperidine rings is 1. The maximum Gasteiger partial charge on any atom is 0.255 e. The lowest BCUT2D eigenvalue weighted by Gasteiger charge is -2.32. The van der Waals surface area contributed by atoms with Crippen molar-refractivity contribution < 1.29 is 9.53 Å². The summed E-state index contributed by atoms with van der Waals surface area (Å²) in [6, 6.07) is 7.90. The number of nitrogens with zero attached hydrogens (tertiary/aromatic N) is 1. The van der Waals surface area contributed by atoms with Gasteiger partial charge in [-0.2, -0.15) is 0 Å². The predicted molar refractivity (Wildman–Crippen MR) is 83.1 cm³/mol. The van der Waals surface area contributed by atoms with Crippen LogP contribution in [0, 0.1) is 5.92 Å². The van der Waals surface area contributed by atoms with Crippen LogP contribution in [0.5, 0.6) is 5.75 Å². The number of primary amides is 1. The fourth-order valence-corrected chi connectivity index (χ4v) is 2.85. The highest BCUT2D eigenvalue weighted by atomic mass is 16.5.